The number of carbonyl (C=O) groups excluding carboxylic acids is 1. The summed E-state index contributed by atoms with van der Waals surface area (Å²) in [7, 11) is -4.77. The number of hydrogen-bond acceptors (Lipinski definition) is 8. The number of aliphatic hydroxyl groups excluding tert-OH is 3. The number of carbonyl (C=O) groups is 1. The first-order valence-corrected chi connectivity index (χ1v) is 6.42. The number of ether oxygens (including phenoxy) is 1. The molecule has 1 aliphatic rings. The van der Waals surface area contributed by atoms with Gasteiger partial charge in [0.15, 0.2) is 6.29 Å². The molecule has 1 saturated heterocycles. The SMILES string of the molecule is [2H]CC(=O)N[C@H]1C(O)O[C@H](COS(=O)(=O)O)[C@@H](O)[C@@H]1O. The summed E-state index contributed by atoms with van der Waals surface area (Å²) in [4.78, 5) is 11.0. The van der Waals surface area contributed by atoms with Crippen molar-refractivity contribution in [1.82, 2.24) is 5.32 Å². The van der Waals surface area contributed by atoms with Crippen molar-refractivity contribution < 1.29 is 43.4 Å². The van der Waals surface area contributed by atoms with Gasteiger partial charge in [-0.15, -0.1) is 0 Å². The first-order chi connectivity index (χ1) is 9.15. The van der Waals surface area contributed by atoms with Crippen LogP contribution in [0.3, 0.4) is 0 Å². The molecule has 1 rings (SSSR count). The van der Waals surface area contributed by atoms with Gasteiger partial charge in [0.1, 0.15) is 24.4 Å². The molecule has 1 amide bonds. The Morgan fingerprint density at radius 2 is 2.05 bits per heavy atom. The zero-order valence-corrected chi connectivity index (χ0v) is 10.4. The van der Waals surface area contributed by atoms with Gasteiger partial charge in [0.05, 0.1) is 6.61 Å². The Labute approximate surface area is 110 Å². The Balaban J connectivity index is 2.68. The van der Waals surface area contributed by atoms with Crippen LogP contribution in [0.2, 0.25) is 0 Å². The van der Waals surface area contributed by atoms with Gasteiger partial charge < -0.3 is 25.4 Å². The van der Waals surface area contributed by atoms with Gasteiger partial charge in [-0.2, -0.15) is 8.42 Å². The molecule has 0 aromatic heterocycles. The highest BCUT2D eigenvalue weighted by Crippen LogP contribution is 2.20. The molecule has 0 spiro atoms. The van der Waals surface area contributed by atoms with Crippen molar-refractivity contribution in [3.8, 4) is 0 Å². The van der Waals surface area contributed by atoms with E-state index in [0.717, 1.165) is 0 Å². The fraction of sp³-hybridized carbons (Fsp3) is 0.875. The van der Waals surface area contributed by atoms with Crippen LogP contribution in [0, 0.1) is 0 Å². The monoisotopic (exact) mass is 302 g/mol. The third-order valence-electron chi connectivity index (χ3n) is 2.43. The topological polar surface area (TPSA) is 163 Å². The Bertz CT molecular complexity index is 443. The molecule has 5 atom stereocenters. The average Bonchev–Trinajstić information content (AvgIpc) is 2.36. The lowest BCUT2D eigenvalue weighted by Crippen LogP contribution is -2.64. The van der Waals surface area contributed by atoms with E-state index in [0.29, 0.717) is 0 Å². The van der Waals surface area contributed by atoms with E-state index in [-0.39, 0.29) is 0 Å². The third kappa shape index (κ3) is 4.65. The van der Waals surface area contributed by atoms with Crippen molar-refractivity contribution in [3.05, 3.63) is 0 Å². The van der Waals surface area contributed by atoms with Crippen molar-refractivity contribution in [1.29, 1.82) is 0 Å². The smallest absolute Gasteiger partial charge is 0.388 e. The minimum absolute atomic E-state index is 0.651. The number of hydrogen-bond donors (Lipinski definition) is 5. The maximum Gasteiger partial charge on any atom is 0.397 e. The molecular weight excluding hydrogens is 286 g/mol. The van der Waals surface area contributed by atoms with Gasteiger partial charge in [0.2, 0.25) is 5.91 Å². The molecule has 112 valence electrons. The zero-order valence-electron chi connectivity index (χ0n) is 10.5. The van der Waals surface area contributed by atoms with E-state index in [1.54, 1.807) is 0 Å². The molecule has 10 nitrogen and oxygen atoms in total. The van der Waals surface area contributed by atoms with Crippen LogP contribution in [0.5, 0.6) is 0 Å². The normalized spacial score (nSPS) is 36.6. The van der Waals surface area contributed by atoms with E-state index >= 15 is 0 Å². The summed E-state index contributed by atoms with van der Waals surface area (Å²) >= 11 is 0. The summed E-state index contributed by atoms with van der Waals surface area (Å²) in [6, 6.07) is -1.38. The van der Waals surface area contributed by atoms with E-state index in [1.165, 1.54) is 0 Å². The van der Waals surface area contributed by atoms with Crippen molar-refractivity contribution in [3.63, 3.8) is 0 Å². The molecule has 1 aliphatic heterocycles. The lowest BCUT2D eigenvalue weighted by molar-refractivity contribution is -0.252. The molecule has 1 unspecified atom stereocenters. The summed E-state index contributed by atoms with van der Waals surface area (Å²) in [5.74, 6) is -0.809. The molecule has 11 heteroatoms. The third-order valence-corrected chi connectivity index (χ3v) is 2.86. The van der Waals surface area contributed by atoms with Gasteiger partial charge in [-0.25, -0.2) is 4.18 Å². The van der Waals surface area contributed by atoms with Crippen molar-refractivity contribution >= 4 is 16.3 Å². The van der Waals surface area contributed by atoms with E-state index in [9.17, 15) is 28.5 Å². The summed E-state index contributed by atoms with van der Waals surface area (Å²) in [5.41, 5.74) is 0. The van der Waals surface area contributed by atoms with Gasteiger partial charge in [0, 0.05) is 8.27 Å². The minimum Gasteiger partial charge on any atom is -0.388 e. The first kappa shape index (κ1) is 14.6. The van der Waals surface area contributed by atoms with Gasteiger partial charge in [-0.05, 0) is 0 Å². The first-order valence-electron chi connectivity index (χ1n) is 5.76. The summed E-state index contributed by atoms with van der Waals surface area (Å²) < 4.78 is 44.7. The Morgan fingerprint density at radius 1 is 1.42 bits per heavy atom. The number of amides is 1. The average molecular weight is 302 g/mol. The predicted octanol–water partition coefficient (Wildman–Crippen LogP) is -3.25. The minimum atomic E-state index is -4.77. The van der Waals surface area contributed by atoms with E-state index in [2.05, 4.69) is 9.50 Å². The summed E-state index contributed by atoms with van der Waals surface area (Å²) in [5, 5.41) is 31.0. The lowest BCUT2D eigenvalue weighted by atomic mass is 9.97. The zero-order chi connectivity index (χ0) is 15.5. The van der Waals surface area contributed by atoms with Crippen LogP contribution in [0.25, 0.3) is 0 Å². The lowest BCUT2D eigenvalue weighted by Gasteiger charge is -2.40. The molecule has 5 N–H and O–H groups in total. The van der Waals surface area contributed by atoms with Gasteiger partial charge in [0.25, 0.3) is 0 Å². The molecule has 0 bridgehead atoms. The fourth-order valence-corrected chi connectivity index (χ4v) is 1.88. The summed E-state index contributed by atoms with van der Waals surface area (Å²) in [6.07, 6.45) is -6.55. The molecule has 0 saturated carbocycles. The number of aliphatic hydroxyl groups is 3. The van der Waals surface area contributed by atoms with Crippen LogP contribution < -0.4 is 5.32 Å². The van der Waals surface area contributed by atoms with Gasteiger partial charge >= 0.3 is 10.4 Å². The van der Waals surface area contributed by atoms with Gasteiger partial charge in [-0.3, -0.25) is 9.35 Å². The van der Waals surface area contributed by atoms with Crippen LogP contribution in [-0.4, -0.2) is 71.4 Å². The largest absolute Gasteiger partial charge is 0.397 e. The standard InChI is InChI=1S/C8H15NO9S/c1-3(10)9-5-7(12)6(11)4(18-8(5)13)2-17-19(14,15)16/h4-8,11-13H,2H2,1H3,(H,9,10)(H,14,15,16)/t4-,5-,6-,7-,8?/m1/s1/i1D. The molecular formula is C8H15NO9S. The van der Waals surface area contributed by atoms with E-state index in [4.69, 9.17) is 10.7 Å². The van der Waals surface area contributed by atoms with Crippen molar-refractivity contribution in [2.45, 2.75) is 37.5 Å². The second kappa shape index (κ2) is 6.09. The highest BCUT2D eigenvalue weighted by Gasteiger charge is 2.44. The van der Waals surface area contributed by atoms with Crippen LogP contribution >= 0.6 is 0 Å². The molecule has 0 radical (unpaired) electrons. The van der Waals surface area contributed by atoms with E-state index in [1.807, 2.05) is 0 Å². The maximum absolute atomic E-state index is 11.0. The highest BCUT2D eigenvalue weighted by atomic mass is 32.3. The van der Waals surface area contributed by atoms with Gasteiger partial charge in [-0.1, -0.05) is 0 Å². The highest BCUT2D eigenvalue weighted by molar-refractivity contribution is 7.80. The summed E-state index contributed by atoms with van der Waals surface area (Å²) in [6.45, 7) is -1.49. The Kier molecular flexibility index (Phi) is 4.67. The predicted molar refractivity (Wildman–Crippen MR) is 58.0 cm³/mol. The van der Waals surface area contributed by atoms with Crippen LogP contribution in [0.4, 0.5) is 0 Å². The second-order valence-electron chi connectivity index (χ2n) is 3.85. The number of nitrogens with one attached hydrogen (secondary N) is 1. The van der Waals surface area contributed by atoms with Crippen molar-refractivity contribution in [2.75, 3.05) is 6.61 Å². The Hall–Kier alpha value is -0.820. The van der Waals surface area contributed by atoms with Crippen LogP contribution in [0.1, 0.15) is 8.27 Å². The Morgan fingerprint density at radius 3 is 2.58 bits per heavy atom. The molecule has 1 fully saturated rings. The van der Waals surface area contributed by atoms with Crippen LogP contribution in [-0.2, 0) is 24.1 Å². The second-order valence-corrected chi connectivity index (χ2v) is 4.94. The van der Waals surface area contributed by atoms with Crippen molar-refractivity contribution in [2.24, 2.45) is 0 Å². The molecule has 0 aliphatic carbocycles. The van der Waals surface area contributed by atoms with Crippen LogP contribution in [0.15, 0.2) is 0 Å². The molecule has 19 heavy (non-hydrogen) atoms. The fourth-order valence-electron chi connectivity index (χ4n) is 1.58. The quantitative estimate of drug-likeness (QED) is 0.335. The number of rotatable bonds is 4. The molecule has 0 aromatic carbocycles. The van der Waals surface area contributed by atoms with E-state index < -0.39 is 60.5 Å². The molecule has 1 heterocycles. The molecule has 0 aromatic rings. The maximum atomic E-state index is 11.0.